The molecule has 3 heteroatoms. The lowest BCUT2D eigenvalue weighted by atomic mass is 10.1. The number of aliphatic hydroxyl groups is 1. The second-order valence-corrected chi connectivity index (χ2v) is 5.71. The van der Waals surface area contributed by atoms with Crippen LogP contribution in [0.25, 0.3) is 0 Å². The van der Waals surface area contributed by atoms with Crippen molar-refractivity contribution < 1.29 is 5.11 Å². The normalized spacial score (nSPS) is 13.9. The van der Waals surface area contributed by atoms with Gasteiger partial charge in [-0.1, -0.05) is 42.5 Å². The van der Waals surface area contributed by atoms with Gasteiger partial charge in [-0.15, -0.1) is 11.8 Å². The first kappa shape index (κ1) is 15.1. The standard InChI is InChI=1S/C17H21NOS/c1-13(14-8-10-16(20-2)11-9-14)18-12-17(19)15-6-4-3-5-7-15/h3-11,13,17-19H,12H2,1-2H3. The fraction of sp³-hybridized carbons (Fsp3) is 0.294. The lowest BCUT2D eigenvalue weighted by molar-refractivity contribution is 0.171. The Labute approximate surface area is 125 Å². The van der Waals surface area contributed by atoms with Gasteiger partial charge in [-0.3, -0.25) is 0 Å². The summed E-state index contributed by atoms with van der Waals surface area (Å²) in [6.07, 6.45) is 1.61. The summed E-state index contributed by atoms with van der Waals surface area (Å²) in [6, 6.07) is 18.5. The number of rotatable bonds is 6. The third kappa shape index (κ3) is 4.10. The molecular formula is C17H21NOS. The molecule has 0 radical (unpaired) electrons. The van der Waals surface area contributed by atoms with Crippen LogP contribution in [0, 0.1) is 0 Å². The summed E-state index contributed by atoms with van der Waals surface area (Å²) in [6.45, 7) is 2.67. The van der Waals surface area contributed by atoms with Crippen molar-refractivity contribution in [3.05, 3.63) is 65.7 Å². The molecule has 20 heavy (non-hydrogen) atoms. The molecule has 0 bridgehead atoms. The van der Waals surface area contributed by atoms with Crippen LogP contribution in [0.1, 0.15) is 30.2 Å². The van der Waals surface area contributed by atoms with E-state index in [0.29, 0.717) is 6.54 Å². The lowest BCUT2D eigenvalue weighted by Gasteiger charge is -2.18. The molecule has 0 heterocycles. The van der Waals surface area contributed by atoms with Crippen LogP contribution in [0.5, 0.6) is 0 Å². The SMILES string of the molecule is CSc1ccc(C(C)NCC(O)c2ccccc2)cc1. The molecule has 2 rings (SSSR count). The van der Waals surface area contributed by atoms with E-state index in [-0.39, 0.29) is 6.04 Å². The molecule has 2 unspecified atom stereocenters. The predicted molar refractivity (Wildman–Crippen MR) is 86.0 cm³/mol. The number of hydrogen-bond donors (Lipinski definition) is 2. The number of nitrogens with one attached hydrogen (secondary N) is 1. The second kappa shape index (κ2) is 7.48. The van der Waals surface area contributed by atoms with Gasteiger partial charge in [0, 0.05) is 17.5 Å². The summed E-state index contributed by atoms with van der Waals surface area (Å²) in [4.78, 5) is 1.27. The predicted octanol–water partition coefficient (Wildman–Crippen LogP) is 3.79. The minimum atomic E-state index is -0.468. The van der Waals surface area contributed by atoms with Crippen molar-refractivity contribution in [3.63, 3.8) is 0 Å². The Bertz CT molecular complexity index is 512. The first-order chi connectivity index (χ1) is 9.70. The van der Waals surface area contributed by atoms with E-state index in [1.165, 1.54) is 10.5 Å². The minimum Gasteiger partial charge on any atom is -0.387 e. The van der Waals surface area contributed by atoms with Gasteiger partial charge in [0.2, 0.25) is 0 Å². The van der Waals surface area contributed by atoms with Crippen molar-refractivity contribution in [2.24, 2.45) is 0 Å². The van der Waals surface area contributed by atoms with Gasteiger partial charge in [-0.2, -0.15) is 0 Å². The Morgan fingerprint density at radius 3 is 2.25 bits per heavy atom. The van der Waals surface area contributed by atoms with Gasteiger partial charge in [0.1, 0.15) is 0 Å². The van der Waals surface area contributed by atoms with Crippen LogP contribution in [-0.2, 0) is 0 Å². The lowest BCUT2D eigenvalue weighted by Crippen LogP contribution is -2.24. The Balaban J connectivity index is 1.89. The van der Waals surface area contributed by atoms with E-state index in [1.54, 1.807) is 11.8 Å². The number of thioether (sulfide) groups is 1. The highest BCUT2D eigenvalue weighted by Crippen LogP contribution is 2.19. The third-order valence-corrected chi connectivity index (χ3v) is 4.16. The molecule has 0 aliphatic carbocycles. The maximum absolute atomic E-state index is 10.1. The van der Waals surface area contributed by atoms with Gasteiger partial charge in [0.15, 0.2) is 0 Å². The van der Waals surface area contributed by atoms with Crippen molar-refractivity contribution >= 4 is 11.8 Å². The summed E-state index contributed by atoms with van der Waals surface area (Å²) in [7, 11) is 0. The minimum absolute atomic E-state index is 0.226. The fourth-order valence-electron chi connectivity index (χ4n) is 2.09. The molecular weight excluding hydrogens is 266 g/mol. The highest BCUT2D eigenvalue weighted by atomic mass is 32.2. The molecule has 2 N–H and O–H groups in total. The number of benzene rings is 2. The molecule has 106 valence electrons. The third-order valence-electron chi connectivity index (χ3n) is 3.42. The molecule has 0 saturated heterocycles. The zero-order valence-corrected chi connectivity index (χ0v) is 12.7. The van der Waals surface area contributed by atoms with Gasteiger partial charge < -0.3 is 10.4 Å². The highest BCUT2D eigenvalue weighted by Gasteiger charge is 2.10. The molecule has 0 aliphatic heterocycles. The van der Waals surface area contributed by atoms with Crippen LogP contribution < -0.4 is 5.32 Å². The van der Waals surface area contributed by atoms with Crippen LogP contribution in [0.15, 0.2) is 59.5 Å². The van der Waals surface area contributed by atoms with Crippen LogP contribution in [0.2, 0.25) is 0 Å². The summed E-state index contributed by atoms with van der Waals surface area (Å²) in [5, 5.41) is 13.5. The van der Waals surface area contributed by atoms with Crippen LogP contribution in [0.3, 0.4) is 0 Å². The second-order valence-electron chi connectivity index (χ2n) is 4.83. The van der Waals surface area contributed by atoms with Gasteiger partial charge in [0.05, 0.1) is 6.10 Å². The molecule has 2 aromatic rings. The maximum Gasteiger partial charge on any atom is 0.0914 e. The average molecular weight is 287 g/mol. The Morgan fingerprint density at radius 1 is 1.00 bits per heavy atom. The van der Waals surface area contributed by atoms with E-state index in [0.717, 1.165) is 5.56 Å². The summed E-state index contributed by atoms with van der Waals surface area (Å²) in [5.74, 6) is 0. The van der Waals surface area contributed by atoms with Crippen molar-refractivity contribution in [2.75, 3.05) is 12.8 Å². The van der Waals surface area contributed by atoms with Gasteiger partial charge in [0.25, 0.3) is 0 Å². The average Bonchev–Trinajstić information content (AvgIpc) is 2.53. The van der Waals surface area contributed by atoms with Crippen molar-refractivity contribution in [2.45, 2.75) is 24.0 Å². The molecule has 0 aromatic heterocycles. The van der Waals surface area contributed by atoms with Crippen LogP contribution in [0.4, 0.5) is 0 Å². The summed E-state index contributed by atoms with van der Waals surface area (Å²) < 4.78 is 0. The van der Waals surface area contributed by atoms with E-state index in [2.05, 4.69) is 42.8 Å². The van der Waals surface area contributed by atoms with Crippen molar-refractivity contribution in [1.82, 2.24) is 5.32 Å². The van der Waals surface area contributed by atoms with Crippen LogP contribution >= 0.6 is 11.8 Å². The first-order valence-corrected chi connectivity index (χ1v) is 8.03. The first-order valence-electron chi connectivity index (χ1n) is 6.81. The Kier molecular flexibility index (Phi) is 5.65. The van der Waals surface area contributed by atoms with E-state index in [9.17, 15) is 5.11 Å². The van der Waals surface area contributed by atoms with E-state index >= 15 is 0 Å². The van der Waals surface area contributed by atoms with E-state index in [4.69, 9.17) is 0 Å². The summed E-state index contributed by atoms with van der Waals surface area (Å²) >= 11 is 1.74. The molecule has 0 aliphatic rings. The number of aliphatic hydroxyl groups excluding tert-OH is 1. The Morgan fingerprint density at radius 2 is 1.65 bits per heavy atom. The van der Waals surface area contributed by atoms with Crippen molar-refractivity contribution in [1.29, 1.82) is 0 Å². The maximum atomic E-state index is 10.1. The smallest absolute Gasteiger partial charge is 0.0914 e. The molecule has 2 nitrogen and oxygen atoms in total. The molecule has 0 saturated carbocycles. The monoisotopic (exact) mass is 287 g/mol. The largest absolute Gasteiger partial charge is 0.387 e. The van der Waals surface area contributed by atoms with Gasteiger partial charge >= 0.3 is 0 Å². The molecule has 2 aromatic carbocycles. The number of hydrogen-bond acceptors (Lipinski definition) is 3. The van der Waals surface area contributed by atoms with Gasteiger partial charge in [-0.05, 0) is 36.4 Å². The zero-order chi connectivity index (χ0) is 14.4. The quantitative estimate of drug-likeness (QED) is 0.793. The molecule has 0 spiro atoms. The molecule has 0 fully saturated rings. The highest BCUT2D eigenvalue weighted by molar-refractivity contribution is 7.98. The van der Waals surface area contributed by atoms with Gasteiger partial charge in [-0.25, -0.2) is 0 Å². The molecule has 2 atom stereocenters. The van der Waals surface area contributed by atoms with E-state index in [1.807, 2.05) is 30.3 Å². The van der Waals surface area contributed by atoms with Crippen LogP contribution in [-0.4, -0.2) is 17.9 Å². The zero-order valence-electron chi connectivity index (χ0n) is 11.9. The molecule has 0 amide bonds. The summed E-state index contributed by atoms with van der Waals surface area (Å²) in [5.41, 5.74) is 2.19. The van der Waals surface area contributed by atoms with Crippen molar-refractivity contribution in [3.8, 4) is 0 Å². The fourth-order valence-corrected chi connectivity index (χ4v) is 2.50. The topological polar surface area (TPSA) is 32.3 Å². The van der Waals surface area contributed by atoms with E-state index < -0.39 is 6.10 Å². The Hall–Kier alpha value is -1.29.